The van der Waals surface area contributed by atoms with E-state index in [9.17, 15) is 9.59 Å². The van der Waals surface area contributed by atoms with Crippen LogP contribution in [0.3, 0.4) is 0 Å². The normalized spacial score (nSPS) is 10.1. The maximum Gasteiger partial charge on any atom is 0.323 e. The van der Waals surface area contributed by atoms with E-state index < -0.39 is 12.1 Å². The van der Waals surface area contributed by atoms with Gasteiger partial charge in [0.25, 0.3) is 0 Å². The molecule has 0 fully saturated rings. The van der Waals surface area contributed by atoms with Crippen LogP contribution >= 0.6 is 0 Å². The molecule has 0 bridgehead atoms. The van der Waals surface area contributed by atoms with Gasteiger partial charge in [-0.3, -0.25) is 0 Å². The van der Waals surface area contributed by atoms with E-state index in [0.717, 1.165) is 5.56 Å². The van der Waals surface area contributed by atoms with Gasteiger partial charge >= 0.3 is 12.1 Å². The highest BCUT2D eigenvalue weighted by molar-refractivity contribution is 6.01. The van der Waals surface area contributed by atoms with Gasteiger partial charge in [0.15, 0.2) is 0 Å². The van der Waals surface area contributed by atoms with Crippen LogP contribution in [0.15, 0.2) is 60.7 Å². The number of aryl methyl sites for hydroxylation is 1. The lowest BCUT2D eigenvalue weighted by atomic mass is 10.2. The Balaban J connectivity index is 1.56. The van der Waals surface area contributed by atoms with Gasteiger partial charge in [-0.15, -0.1) is 0 Å². The second-order valence-electron chi connectivity index (χ2n) is 7.08. The van der Waals surface area contributed by atoms with E-state index in [1.54, 1.807) is 55.6 Å². The number of ether oxygens (including phenoxy) is 3. The molecule has 0 aliphatic heterocycles. The van der Waals surface area contributed by atoms with Crippen LogP contribution < -0.4 is 35.5 Å². The lowest BCUT2D eigenvalue weighted by Gasteiger charge is -2.12. The number of methoxy groups -OCH3 is 3. The molecule has 0 unspecified atom stereocenters. The average molecular weight is 450 g/mol. The van der Waals surface area contributed by atoms with Crippen molar-refractivity contribution in [3.63, 3.8) is 0 Å². The largest absolute Gasteiger partial charge is 0.497 e. The first-order valence-electron chi connectivity index (χ1n) is 10.0. The highest BCUT2D eigenvalue weighted by atomic mass is 16.5. The first-order valence-corrected chi connectivity index (χ1v) is 10.0. The predicted octanol–water partition coefficient (Wildman–Crippen LogP) is 5.31. The fourth-order valence-corrected chi connectivity index (χ4v) is 3.04. The van der Waals surface area contributed by atoms with Crippen LogP contribution in [0.25, 0.3) is 0 Å². The number of hydrogen-bond donors (Lipinski definition) is 4. The van der Waals surface area contributed by atoms with Gasteiger partial charge in [0.2, 0.25) is 0 Å². The Morgan fingerprint density at radius 2 is 0.909 bits per heavy atom. The molecule has 3 aromatic carbocycles. The second kappa shape index (κ2) is 10.8. The molecule has 0 saturated carbocycles. The molecule has 0 saturated heterocycles. The summed E-state index contributed by atoms with van der Waals surface area (Å²) in [5.41, 5.74) is 3.22. The van der Waals surface area contributed by atoms with Crippen molar-refractivity contribution in [2.45, 2.75) is 6.92 Å². The monoisotopic (exact) mass is 450 g/mol. The van der Waals surface area contributed by atoms with E-state index in [1.807, 2.05) is 19.1 Å². The van der Waals surface area contributed by atoms with Crippen LogP contribution in [0.5, 0.6) is 17.2 Å². The first kappa shape index (κ1) is 23.3. The molecule has 3 aromatic rings. The van der Waals surface area contributed by atoms with Crippen molar-refractivity contribution in [2.24, 2.45) is 0 Å². The molecule has 4 N–H and O–H groups in total. The Kier molecular flexibility index (Phi) is 7.59. The summed E-state index contributed by atoms with van der Waals surface area (Å²) in [5.74, 6) is 1.77. The zero-order valence-electron chi connectivity index (χ0n) is 18.8. The minimum atomic E-state index is -0.433. The zero-order valence-corrected chi connectivity index (χ0v) is 18.8. The van der Waals surface area contributed by atoms with Gasteiger partial charge in [-0.2, -0.15) is 0 Å². The van der Waals surface area contributed by atoms with Crippen molar-refractivity contribution in [1.82, 2.24) is 0 Å². The van der Waals surface area contributed by atoms with Crippen molar-refractivity contribution in [2.75, 3.05) is 42.6 Å². The van der Waals surface area contributed by atoms with Crippen molar-refractivity contribution in [3.05, 3.63) is 66.2 Å². The standard InChI is InChI=1S/C24H26N4O5/c1-15-9-18(11-20(10-15)31-2)27-23(29)25-16-5-7-17(8-6-16)26-24(30)28-19-12-21(32-3)14-22(13-19)33-4/h5-14H,1-4H3,(H2,25,27,29)(H2,26,28,30). The van der Waals surface area contributed by atoms with E-state index in [2.05, 4.69) is 21.3 Å². The SMILES string of the molecule is COc1cc(C)cc(NC(=O)Nc2ccc(NC(=O)Nc3cc(OC)cc(OC)c3)cc2)c1. The topological polar surface area (TPSA) is 110 Å². The molecule has 0 heterocycles. The first-order chi connectivity index (χ1) is 15.9. The Morgan fingerprint density at radius 3 is 1.33 bits per heavy atom. The van der Waals surface area contributed by atoms with Crippen LogP contribution in [0.4, 0.5) is 32.3 Å². The number of nitrogens with one attached hydrogen (secondary N) is 4. The minimum absolute atomic E-state index is 0.395. The van der Waals surface area contributed by atoms with Gasteiger partial charge < -0.3 is 35.5 Å². The molecule has 0 aromatic heterocycles. The highest BCUT2D eigenvalue weighted by Gasteiger charge is 2.08. The van der Waals surface area contributed by atoms with E-state index in [1.165, 1.54) is 14.2 Å². The quantitative estimate of drug-likeness (QED) is 0.390. The summed E-state index contributed by atoms with van der Waals surface area (Å²) >= 11 is 0. The molecule has 33 heavy (non-hydrogen) atoms. The Bertz CT molecular complexity index is 1110. The Morgan fingerprint density at radius 1 is 0.545 bits per heavy atom. The van der Waals surface area contributed by atoms with Gasteiger partial charge in [0.1, 0.15) is 17.2 Å². The summed E-state index contributed by atoms with van der Waals surface area (Å²) in [6.07, 6.45) is 0. The highest BCUT2D eigenvalue weighted by Crippen LogP contribution is 2.26. The van der Waals surface area contributed by atoms with Crippen LogP contribution in [0.1, 0.15) is 5.56 Å². The van der Waals surface area contributed by atoms with Crippen molar-refractivity contribution in [3.8, 4) is 17.2 Å². The summed E-state index contributed by atoms with van der Waals surface area (Å²) in [6, 6.07) is 16.4. The number of urea groups is 2. The zero-order chi connectivity index (χ0) is 23.8. The molecular formula is C24H26N4O5. The van der Waals surface area contributed by atoms with Crippen molar-refractivity contribution in [1.29, 1.82) is 0 Å². The summed E-state index contributed by atoms with van der Waals surface area (Å²) in [4.78, 5) is 24.6. The van der Waals surface area contributed by atoms with Crippen LogP contribution in [0, 0.1) is 6.92 Å². The van der Waals surface area contributed by atoms with Crippen molar-refractivity contribution < 1.29 is 23.8 Å². The van der Waals surface area contributed by atoms with E-state index in [0.29, 0.717) is 40.0 Å². The summed E-state index contributed by atoms with van der Waals surface area (Å²) in [6.45, 7) is 1.91. The average Bonchev–Trinajstić information content (AvgIpc) is 2.79. The van der Waals surface area contributed by atoms with E-state index in [-0.39, 0.29) is 0 Å². The number of rotatable bonds is 7. The Hall–Kier alpha value is -4.40. The third kappa shape index (κ3) is 6.79. The molecule has 172 valence electrons. The van der Waals surface area contributed by atoms with Crippen LogP contribution in [-0.4, -0.2) is 33.4 Å². The number of benzene rings is 3. The number of amides is 4. The molecule has 0 aliphatic carbocycles. The van der Waals surface area contributed by atoms with Crippen molar-refractivity contribution >= 4 is 34.8 Å². The molecule has 0 radical (unpaired) electrons. The van der Waals surface area contributed by atoms with Gasteiger partial charge in [-0.25, -0.2) is 9.59 Å². The summed E-state index contributed by atoms with van der Waals surface area (Å²) < 4.78 is 15.6. The summed E-state index contributed by atoms with van der Waals surface area (Å²) in [7, 11) is 4.64. The van der Waals surface area contributed by atoms with Crippen LogP contribution in [0.2, 0.25) is 0 Å². The third-order valence-electron chi connectivity index (χ3n) is 4.55. The molecular weight excluding hydrogens is 424 g/mol. The van der Waals surface area contributed by atoms with E-state index >= 15 is 0 Å². The maximum atomic E-state index is 12.3. The lowest BCUT2D eigenvalue weighted by Crippen LogP contribution is -2.20. The van der Waals surface area contributed by atoms with Gasteiger partial charge in [0, 0.05) is 47.0 Å². The molecule has 4 amide bonds. The third-order valence-corrected chi connectivity index (χ3v) is 4.55. The second-order valence-corrected chi connectivity index (χ2v) is 7.08. The number of hydrogen-bond acceptors (Lipinski definition) is 5. The minimum Gasteiger partial charge on any atom is -0.497 e. The molecule has 9 nitrogen and oxygen atoms in total. The maximum absolute atomic E-state index is 12.3. The number of carbonyl (C=O) groups excluding carboxylic acids is 2. The molecule has 3 rings (SSSR count). The van der Waals surface area contributed by atoms with Gasteiger partial charge in [-0.05, 0) is 48.9 Å². The number of anilines is 4. The molecule has 0 spiro atoms. The predicted molar refractivity (Wildman–Crippen MR) is 129 cm³/mol. The summed E-state index contributed by atoms with van der Waals surface area (Å²) in [5, 5.41) is 11.0. The fourth-order valence-electron chi connectivity index (χ4n) is 3.04. The Labute approximate surface area is 192 Å². The smallest absolute Gasteiger partial charge is 0.323 e. The lowest BCUT2D eigenvalue weighted by molar-refractivity contribution is 0.261. The fraction of sp³-hybridized carbons (Fsp3) is 0.167. The van der Waals surface area contributed by atoms with Gasteiger partial charge in [0.05, 0.1) is 21.3 Å². The molecule has 9 heteroatoms. The van der Waals surface area contributed by atoms with Crippen LogP contribution in [-0.2, 0) is 0 Å². The molecule has 0 atom stereocenters. The number of carbonyl (C=O) groups is 2. The molecule has 0 aliphatic rings. The van der Waals surface area contributed by atoms with Gasteiger partial charge in [-0.1, -0.05) is 0 Å². The van der Waals surface area contributed by atoms with E-state index in [4.69, 9.17) is 14.2 Å².